The van der Waals surface area contributed by atoms with Gasteiger partial charge in [-0.05, 0) is 48.6 Å². The third kappa shape index (κ3) is 2.19. The molecule has 17 heavy (non-hydrogen) atoms. The molecular weight excluding hydrogens is 331 g/mol. The smallest absolute Gasteiger partial charge is 0.357 e. The highest BCUT2D eigenvalue weighted by Crippen LogP contribution is 2.20. The second kappa shape index (κ2) is 4.48. The molecule has 1 heterocycles. The molecule has 0 radical (unpaired) electrons. The molecule has 0 spiro atoms. The number of benzene rings is 1. The summed E-state index contributed by atoms with van der Waals surface area (Å²) in [6.07, 6.45) is 0. The Labute approximate surface area is 112 Å². The molecule has 1 N–H and O–H groups in total. The van der Waals surface area contributed by atoms with Crippen LogP contribution in [0, 0.1) is 17.4 Å². The zero-order valence-electron chi connectivity index (χ0n) is 9.44. The predicted octanol–water partition coefficient (Wildman–Crippen LogP) is 2.79. The number of hydrogen-bond donors (Lipinski definition) is 1. The molecule has 2 rings (SSSR count). The van der Waals surface area contributed by atoms with Gasteiger partial charge in [0.2, 0.25) is 0 Å². The molecule has 0 saturated carbocycles. The number of carboxylic acids is 1. The van der Waals surface area contributed by atoms with Gasteiger partial charge in [0.25, 0.3) is 0 Å². The number of hydrogen-bond acceptors (Lipinski definition) is 2. The van der Waals surface area contributed by atoms with Gasteiger partial charge >= 0.3 is 5.97 Å². The summed E-state index contributed by atoms with van der Waals surface area (Å²) in [5.74, 6) is -0.997. The van der Waals surface area contributed by atoms with Crippen LogP contribution in [-0.2, 0) is 0 Å². The molecule has 0 saturated heterocycles. The molecule has 0 aliphatic carbocycles. The summed E-state index contributed by atoms with van der Waals surface area (Å²) in [4.78, 5) is 11.0. The van der Waals surface area contributed by atoms with Crippen molar-refractivity contribution < 1.29 is 9.90 Å². The normalized spacial score (nSPS) is 10.5. The van der Waals surface area contributed by atoms with Crippen molar-refractivity contribution in [3.05, 3.63) is 44.8 Å². The van der Waals surface area contributed by atoms with Crippen LogP contribution in [0.2, 0.25) is 0 Å². The average molecular weight is 342 g/mol. The Hall–Kier alpha value is -1.37. The Bertz CT molecular complexity index is 573. The van der Waals surface area contributed by atoms with E-state index in [-0.39, 0.29) is 5.69 Å². The van der Waals surface area contributed by atoms with Gasteiger partial charge in [0.1, 0.15) is 0 Å². The van der Waals surface area contributed by atoms with Gasteiger partial charge in [-0.3, -0.25) is 0 Å². The zero-order chi connectivity index (χ0) is 12.6. The Morgan fingerprint density at radius 2 is 1.88 bits per heavy atom. The van der Waals surface area contributed by atoms with Gasteiger partial charge in [-0.15, -0.1) is 0 Å². The van der Waals surface area contributed by atoms with Gasteiger partial charge in [-0.2, -0.15) is 5.10 Å². The first-order chi connectivity index (χ1) is 8.00. The van der Waals surface area contributed by atoms with Crippen LogP contribution in [0.1, 0.15) is 21.7 Å². The van der Waals surface area contributed by atoms with E-state index in [0.29, 0.717) is 3.57 Å². The van der Waals surface area contributed by atoms with Crippen LogP contribution in [0.3, 0.4) is 0 Å². The molecule has 88 valence electrons. The standard InChI is InChI=1S/C12H11IN2O2/c1-7-3-5-9(6-4-7)15-8(2)10(13)11(14-15)12(16)17/h3-6H,1-2H3,(H,16,17). The van der Waals surface area contributed by atoms with Gasteiger partial charge < -0.3 is 5.11 Å². The molecule has 4 nitrogen and oxygen atoms in total. The van der Waals surface area contributed by atoms with Crippen molar-refractivity contribution in [1.82, 2.24) is 9.78 Å². The highest BCUT2D eigenvalue weighted by atomic mass is 127. The number of nitrogens with zero attached hydrogens (tertiary/aromatic N) is 2. The maximum atomic E-state index is 11.0. The fourth-order valence-electron chi connectivity index (χ4n) is 1.56. The molecule has 1 aromatic carbocycles. The first kappa shape index (κ1) is 12.1. The van der Waals surface area contributed by atoms with Crippen molar-refractivity contribution in [2.75, 3.05) is 0 Å². The Balaban J connectivity index is 2.56. The first-order valence-electron chi connectivity index (χ1n) is 5.06. The van der Waals surface area contributed by atoms with Crippen LogP contribution >= 0.6 is 22.6 Å². The van der Waals surface area contributed by atoms with E-state index in [2.05, 4.69) is 5.10 Å². The monoisotopic (exact) mass is 342 g/mol. The molecule has 0 fully saturated rings. The molecule has 0 amide bonds. The van der Waals surface area contributed by atoms with Crippen LogP contribution in [0.25, 0.3) is 5.69 Å². The van der Waals surface area contributed by atoms with Crippen LogP contribution in [-0.4, -0.2) is 20.9 Å². The second-order valence-electron chi connectivity index (χ2n) is 3.80. The largest absolute Gasteiger partial charge is 0.476 e. The predicted molar refractivity (Wildman–Crippen MR) is 72.7 cm³/mol. The number of aryl methyl sites for hydroxylation is 1. The minimum absolute atomic E-state index is 0.101. The topological polar surface area (TPSA) is 55.1 Å². The number of rotatable bonds is 2. The summed E-state index contributed by atoms with van der Waals surface area (Å²) in [5.41, 5.74) is 2.97. The molecule has 0 bridgehead atoms. The van der Waals surface area contributed by atoms with Gasteiger partial charge in [0, 0.05) is 0 Å². The molecular formula is C12H11IN2O2. The fourth-order valence-corrected chi connectivity index (χ4v) is 2.12. The molecule has 0 aliphatic heterocycles. The number of aromatic nitrogens is 2. The number of aromatic carboxylic acids is 1. The summed E-state index contributed by atoms with van der Waals surface area (Å²) >= 11 is 2.01. The first-order valence-corrected chi connectivity index (χ1v) is 6.14. The minimum atomic E-state index is -0.997. The quantitative estimate of drug-likeness (QED) is 0.854. The third-order valence-electron chi connectivity index (χ3n) is 2.52. The van der Waals surface area contributed by atoms with E-state index in [1.54, 1.807) is 4.68 Å². The van der Waals surface area contributed by atoms with Crippen LogP contribution in [0.4, 0.5) is 0 Å². The van der Waals surface area contributed by atoms with Gasteiger partial charge in [0.15, 0.2) is 5.69 Å². The van der Waals surface area contributed by atoms with Gasteiger partial charge in [-0.25, -0.2) is 9.48 Å². The number of halogens is 1. The van der Waals surface area contributed by atoms with Gasteiger partial charge in [-0.1, -0.05) is 17.7 Å². The highest BCUT2D eigenvalue weighted by molar-refractivity contribution is 14.1. The third-order valence-corrected chi connectivity index (χ3v) is 3.82. The summed E-state index contributed by atoms with van der Waals surface area (Å²) in [6, 6.07) is 7.81. The Morgan fingerprint density at radius 1 is 1.29 bits per heavy atom. The van der Waals surface area contributed by atoms with E-state index in [4.69, 9.17) is 5.11 Å². The SMILES string of the molecule is Cc1ccc(-n2nc(C(=O)O)c(I)c2C)cc1. The van der Waals surface area contributed by atoms with E-state index in [0.717, 1.165) is 16.9 Å². The molecule has 2 aromatic rings. The van der Waals surface area contributed by atoms with E-state index in [9.17, 15) is 4.79 Å². The van der Waals surface area contributed by atoms with Crippen LogP contribution < -0.4 is 0 Å². The lowest BCUT2D eigenvalue weighted by molar-refractivity contribution is 0.0689. The van der Waals surface area contributed by atoms with Gasteiger partial charge in [0.05, 0.1) is 15.0 Å². The van der Waals surface area contributed by atoms with Crippen molar-refractivity contribution in [2.45, 2.75) is 13.8 Å². The molecule has 0 unspecified atom stereocenters. The lowest BCUT2D eigenvalue weighted by atomic mass is 10.2. The molecule has 1 aromatic heterocycles. The molecule has 0 atom stereocenters. The highest BCUT2D eigenvalue weighted by Gasteiger charge is 2.18. The van der Waals surface area contributed by atoms with Crippen molar-refractivity contribution >= 4 is 28.6 Å². The Kier molecular flexibility index (Phi) is 3.19. The maximum Gasteiger partial charge on any atom is 0.357 e. The van der Waals surface area contributed by atoms with E-state index >= 15 is 0 Å². The second-order valence-corrected chi connectivity index (χ2v) is 4.88. The van der Waals surface area contributed by atoms with Crippen molar-refractivity contribution in [3.63, 3.8) is 0 Å². The van der Waals surface area contributed by atoms with E-state index in [1.807, 2.05) is 60.7 Å². The van der Waals surface area contributed by atoms with Crippen LogP contribution in [0.5, 0.6) is 0 Å². The van der Waals surface area contributed by atoms with Crippen molar-refractivity contribution in [2.24, 2.45) is 0 Å². The summed E-state index contributed by atoms with van der Waals surface area (Å²) in [5, 5.41) is 13.1. The summed E-state index contributed by atoms with van der Waals surface area (Å²) in [6.45, 7) is 3.87. The fraction of sp³-hybridized carbons (Fsp3) is 0.167. The zero-order valence-corrected chi connectivity index (χ0v) is 11.6. The maximum absolute atomic E-state index is 11.0. The Morgan fingerprint density at radius 3 is 2.35 bits per heavy atom. The van der Waals surface area contributed by atoms with E-state index in [1.165, 1.54) is 0 Å². The summed E-state index contributed by atoms with van der Waals surface area (Å²) in [7, 11) is 0. The molecule has 0 aliphatic rings. The summed E-state index contributed by atoms with van der Waals surface area (Å²) < 4.78 is 2.33. The lowest BCUT2D eigenvalue weighted by Crippen LogP contribution is -2.02. The minimum Gasteiger partial charge on any atom is -0.476 e. The lowest BCUT2D eigenvalue weighted by Gasteiger charge is -2.04. The van der Waals surface area contributed by atoms with Crippen molar-refractivity contribution in [1.29, 1.82) is 0 Å². The van der Waals surface area contributed by atoms with E-state index < -0.39 is 5.97 Å². The number of carbonyl (C=O) groups is 1. The number of carboxylic acid groups (broad SMARTS) is 1. The van der Waals surface area contributed by atoms with Crippen LogP contribution in [0.15, 0.2) is 24.3 Å². The average Bonchev–Trinajstić information content (AvgIpc) is 2.58. The molecule has 5 heteroatoms. The van der Waals surface area contributed by atoms with Crippen molar-refractivity contribution in [3.8, 4) is 5.69 Å².